The average molecular weight is 545 g/mol. The molecule has 6 rings (SSSR count). The van der Waals surface area contributed by atoms with E-state index in [1.165, 1.54) is 50.5 Å². The van der Waals surface area contributed by atoms with E-state index in [1.807, 2.05) is 6.92 Å². The summed E-state index contributed by atoms with van der Waals surface area (Å²) in [6.07, 6.45) is 6.05. The SMILES string of the molecule is C[C@H](OC(=O)c1cccc(S(=O)(=O)N[C@@H](C)C23CC4CC(CC(C4)C2)C3)c1)C(=O)Nc1ccc(Cl)cc1. The van der Waals surface area contributed by atoms with Crippen molar-refractivity contribution in [1.29, 1.82) is 0 Å². The fourth-order valence-electron chi connectivity index (χ4n) is 6.98. The molecule has 0 aromatic heterocycles. The van der Waals surface area contributed by atoms with E-state index in [1.54, 1.807) is 24.3 Å². The molecule has 0 radical (unpaired) electrons. The molecule has 2 aromatic carbocycles. The molecule has 1 amide bonds. The van der Waals surface area contributed by atoms with Gasteiger partial charge in [0.15, 0.2) is 6.10 Å². The van der Waals surface area contributed by atoms with Crippen LogP contribution in [0.15, 0.2) is 53.4 Å². The molecular formula is C28H33ClN2O5S. The fourth-order valence-corrected chi connectivity index (χ4v) is 8.50. The lowest BCUT2D eigenvalue weighted by Crippen LogP contribution is -2.55. The van der Waals surface area contributed by atoms with Crippen molar-refractivity contribution in [3.8, 4) is 0 Å². The molecule has 4 bridgehead atoms. The van der Waals surface area contributed by atoms with Crippen LogP contribution in [0.3, 0.4) is 0 Å². The second-order valence-electron chi connectivity index (χ2n) is 11.2. The largest absolute Gasteiger partial charge is 0.449 e. The molecule has 37 heavy (non-hydrogen) atoms. The van der Waals surface area contributed by atoms with E-state index in [9.17, 15) is 18.0 Å². The van der Waals surface area contributed by atoms with Crippen molar-refractivity contribution < 1.29 is 22.7 Å². The zero-order valence-corrected chi connectivity index (χ0v) is 22.6. The van der Waals surface area contributed by atoms with E-state index < -0.39 is 28.0 Å². The molecule has 0 aliphatic heterocycles. The Balaban J connectivity index is 1.23. The molecule has 0 heterocycles. The number of hydrogen-bond donors (Lipinski definition) is 2. The van der Waals surface area contributed by atoms with Gasteiger partial charge in [-0.05, 0) is 118 Å². The number of hydrogen-bond acceptors (Lipinski definition) is 5. The van der Waals surface area contributed by atoms with Gasteiger partial charge in [-0.15, -0.1) is 0 Å². The molecule has 0 spiro atoms. The van der Waals surface area contributed by atoms with Crippen molar-refractivity contribution in [2.45, 2.75) is 69.4 Å². The Kier molecular flexibility index (Phi) is 7.11. The highest BCUT2D eigenvalue weighted by Gasteiger charge is 2.53. The maximum absolute atomic E-state index is 13.3. The Morgan fingerprint density at radius 1 is 0.973 bits per heavy atom. The monoisotopic (exact) mass is 544 g/mol. The van der Waals surface area contributed by atoms with Crippen LogP contribution in [0.1, 0.15) is 62.7 Å². The number of benzene rings is 2. The number of esters is 1. The molecule has 4 aliphatic carbocycles. The lowest BCUT2D eigenvalue weighted by molar-refractivity contribution is -0.123. The Bertz CT molecular complexity index is 1260. The Hall–Kier alpha value is -2.42. The van der Waals surface area contributed by atoms with Crippen LogP contribution < -0.4 is 10.0 Å². The number of halogens is 1. The minimum Gasteiger partial charge on any atom is -0.449 e. The first-order chi connectivity index (χ1) is 17.5. The zero-order chi connectivity index (χ0) is 26.4. The van der Waals surface area contributed by atoms with Gasteiger partial charge in [0.05, 0.1) is 10.5 Å². The summed E-state index contributed by atoms with van der Waals surface area (Å²) in [5.74, 6) is 0.871. The van der Waals surface area contributed by atoms with Crippen molar-refractivity contribution in [2.75, 3.05) is 5.32 Å². The molecule has 7 nitrogen and oxygen atoms in total. The summed E-state index contributed by atoms with van der Waals surface area (Å²) in [5.41, 5.74) is 0.603. The third-order valence-corrected chi connectivity index (χ3v) is 10.3. The van der Waals surface area contributed by atoms with Crippen molar-refractivity contribution in [3.63, 3.8) is 0 Å². The minimum atomic E-state index is -3.85. The van der Waals surface area contributed by atoms with Gasteiger partial charge >= 0.3 is 5.97 Å². The summed E-state index contributed by atoms with van der Waals surface area (Å²) in [6, 6.07) is 12.1. The van der Waals surface area contributed by atoms with Gasteiger partial charge < -0.3 is 10.1 Å². The minimum absolute atomic E-state index is 0.0109. The standard InChI is InChI=1S/C28H33ClN2O5S/c1-17(26(32)30-24-8-6-23(29)7-9-24)36-27(33)22-4-3-5-25(13-22)37(34,35)31-18(2)28-14-19-10-20(15-28)12-21(11-19)16-28/h3-9,13,17-21,31H,10-12,14-16H2,1-2H3,(H,30,32)/t17-,18-,19?,20?,21?,28?/m0/s1. The predicted octanol–water partition coefficient (Wildman–Crippen LogP) is 5.41. The number of anilines is 1. The number of ether oxygens (including phenoxy) is 1. The summed E-state index contributed by atoms with van der Waals surface area (Å²) in [5, 5.41) is 3.19. The van der Waals surface area contributed by atoms with Crippen LogP contribution in [0.4, 0.5) is 5.69 Å². The van der Waals surface area contributed by atoms with Crippen LogP contribution in [0.2, 0.25) is 5.02 Å². The lowest BCUT2D eigenvalue weighted by Gasteiger charge is -2.59. The van der Waals surface area contributed by atoms with E-state index in [4.69, 9.17) is 16.3 Å². The number of carbonyl (C=O) groups is 2. The topological polar surface area (TPSA) is 102 Å². The van der Waals surface area contributed by atoms with Crippen molar-refractivity contribution in [2.24, 2.45) is 23.2 Å². The highest BCUT2D eigenvalue weighted by molar-refractivity contribution is 7.89. The Morgan fingerprint density at radius 2 is 1.57 bits per heavy atom. The third kappa shape index (κ3) is 5.56. The maximum atomic E-state index is 13.3. The normalized spacial score (nSPS) is 27.9. The van der Waals surface area contributed by atoms with Gasteiger partial charge in [-0.25, -0.2) is 17.9 Å². The van der Waals surface area contributed by atoms with Crippen molar-refractivity contribution in [3.05, 3.63) is 59.1 Å². The van der Waals surface area contributed by atoms with Gasteiger partial charge in [0.1, 0.15) is 0 Å². The Labute approximate surface area is 223 Å². The number of amides is 1. The summed E-state index contributed by atoms with van der Waals surface area (Å²) < 4.78 is 34.9. The number of sulfonamides is 1. The Morgan fingerprint density at radius 3 is 2.16 bits per heavy atom. The summed E-state index contributed by atoms with van der Waals surface area (Å²) in [6.45, 7) is 3.45. The number of rotatable bonds is 8. The van der Waals surface area contributed by atoms with E-state index in [2.05, 4.69) is 10.0 Å². The van der Waals surface area contributed by atoms with Gasteiger partial charge in [0, 0.05) is 16.8 Å². The molecule has 198 valence electrons. The first kappa shape index (κ1) is 26.2. The molecule has 2 aromatic rings. The van der Waals surface area contributed by atoms with E-state index in [-0.39, 0.29) is 21.9 Å². The van der Waals surface area contributed by atoms with Crippen LogP contribution in [0, 0.1) is 23.2 Å². The summed E-state index contributed by atoms with van der Waals surface area (Å²) >= 11 is 5.86. The molecule has 0 saturated heterocycles. The highest BCUT2D eigenvalue weighted by atomic mass is 35.5. The molecule has 2 N–H and O–H groups in total. The van der Waals surface area contributed by atoms with Gasteiger partial charge in [0.25, 0.3) is 5.91 Å². The van der Waals surface area contributed by atoms with Crippen LogP contribution in [-0.4, -0.2) is 32.4 Å². The first-order valence-corrected chi connectivity index (χ1v) is 14.8. The van der Waals surface area contributed by atoms with Crippen molar-refractivity contribution in [1.82, 2.24) is 4.72 Å². The van der Waals surface area contributed by atoms with Crippen LogP contribution >= 0.6 is 11.6 Å². The van der Waals surface area contributed by atoms with Crippen molar-refractivity contribution >= 4 is 39.2 Å². The van der Waals surface area contributed by atoms with E-state index >= 15 is 0 Å². The summed E-state index contributed by atoms with van der Waals surface area (Å²) in [7, 11) is -3.85. The molecular weight excluding hydrogens is 512 g/mol. The smallest absolute Gasteiger partial charge is 0.338 e. The second kappa shape index (κ2) is 10.0. The highest BCUT2D eigenvalue weighted by Crippen LogP contribution is 2.61. The third-order valence-electron chi connectivity index (χ3n) is 8.48. The van der Waals surface area contributed by atoms with Gasteiger partial charge in [-0.3, -0.25) is 4.79 Å². The molecule has 4 saturated carbocycles. The van der Waals surface area contributed by atoms with Gasteiger partial charge in [-0.1, -0.05) is 17.7 Å². The predicted molar refractivity (Wildman–Crippen MR) is 142 cm³/mol. The lowest BCUT2D eigenvalue weighted by atomic mass is 9.48. The molecule has 4 aliphatic rings. The molecule has 4 fully saturated rings. The average Bonchev–Trinajstić information content (AvgIpc) is 2.84. The first-order valence-electron chi connectivity index (χ1n) is 12.9. The van der Waals surface area contributed by atoms with Crippen LogP contribution in [-0.2, 0) is 19.6 Å². The molecule has 0 unspecified atom stereocenters. The molecule has 2 atom stereocenters. The second-order valence-corrected chi connectivity index (χ2v) is 13.3. The van der Waals surface area contributed by atoms with Crippen LogP contribution in [0.5, 0.6) is 0 Å². The van der Waals surface area contributed by atoms with Gasteiger partial charge in [0.2, 0.25) is 10.0 Å². The van der Waals surface area contributed by atoms with E-state index in [0.717, 1.165) is 37.0 Å². The van der Waals surface area contributed by atoms with Gasteiger partial charge in [-0.2, -0.15) is 0 Å². The molecule has 9 heteroatoms. The quantitative estimate of drug-likeness (QED) is 0.433. The zero-order valence-electron chi connectivity index (χ0n) is 21.1. The van der Waals surface area contributed by atoms with E-state index in [0.29, 0.717) is 10.7 Å². The number of nitrogens with one attached hydrogen (secondary N) is 2. The maximum Gasteiger partial charge on any atom is 0.338 e. The number of carbonyl (C=O) groups excluding carboxylic acids is 2. The fraction of sp³-hybridized carbons (Fsp3) is 0.500. The summed E-state index contributed by atoms with van der Waals surface area (Å²) in [4.78, 5) is 25.2. The van der Waals surface area contributed by atoms with Crippen LogP contribution in [0.25, 0.3) is 0 Å².